The van der Waals surface area contributed by atoms with Crippen LogP contribution in [0.4, 0.5) is 5.69 Å². The number of hydrogen-bond acceptors (Lipinski definition) is 2. The van der Waals surface area contributed by atoms with Crippen LogP contribution in [-0.4, -0.2) is 11.7 Å². The normalized spacial score (nSPS) is 12.2. The maximum Gasteiger partial charge on any atom is 0.0964 e. The van der Waals surface area contributed by atoms with Gasteiger partial charge in [0.2, 0.25) is 0 Å². The summed E-state index contributed by atoms with van der Waals surface area (Å²) in [6.07, 6.45) is -0.491. The number of hydrogen-bond donors (Lipinski definition) is 2. The predicted molar refractivity (Wildman–Crippen MR) is 85.3 cm³/mol. The Morgan fingerprint density at radius 2 is 1.75 bits per heavy atom. The number of anilines is 1. The van der Waals surface area contributed by atoms with E-state index >= 15 is 0 Å². The van der Waals surface area contributed by atoms with Gasteiger partial charge in [0, 0.05) is 12.2 Å². The van der Waals surface area contributed by atoms with Gasteiger partial charge in [0.15, 0.2) is 0 Å². The molecule has 0 aliphatic carbocycles. The monoisotopic (exact) mass is 269 g/mol. The molecular weight excluding hydrogens is 246 g/mol. The smallest absolute Gasteiger partial charge is 0.0964 e. The average molecular weight is 269 g/mol. The molecule has 2 rings (SSSR count). The van der Waals surface area contributed by atoms with Crippen LogP contribution in [0.25, 0.3) is 0 Å². The van der Waals surface area contributed by atoms with Crippen molar-refractivity contribution in [2.75, 3.05) is 11.9 Å². The van der Waals surface area contributed by atoms with Gasteiger partial charge < -0.3 is 10.4 Å². The lowest BCUT2D eigenvalue weighted by Gasteiger charge is -2.17. The van der Waals surface area contributed by atoms with Crippen LogP contribution in [-0.2, 0) is 0 Å². The summed E-state index contributed by atoms with van der Waals surface area (Å²) in [5.41, 5.74) is 6.90. The topological polar surface area (TPSA) is 32.3 Å². The minimum atomic E-state index is -0.491. The first-order valence-corrected chi connectivity index (χ1v) is 7.04. The van der Waals surface area contributed by atoms with Crippen LogP contribution in [0.5, 0.6) is 0 Å². The van der Waals surface area contributed by atoms with Crippen LogP contribution in [0.3, 0.4) is 0 Å². The zero-order chi connectivity index (χ0) is 14.7. The quantitative estimate of drug-likeness (QED) is 0.877. The summed E-state index contributed by atoms with van der Waals surface area (Å²) < 4.78 is 0. The highest BCUT2D eigenvalue weighted by atomic mass is 16.3. The molecule has 2 aromatic carbocycles. The van der Waals surface area contributed by atoms with E-state index in [4.69, 9.17) is 0 Å². The SMILES string of the molecule is Cc1ccc(C)c(C(O)CNc2cccc(C)c2C)c1. The fourth-order valence-corrected chi connectivity index (χ4v) is 2.38. The number of aliphatic hydroxyl groups excluding tert-OH is 1. The summed E-state index contributed by atoms with van der Waals surface area (Å²) >= 11 is 0. The number of benzene rings is 2. The molecule has 0 saturated heterocycles. The van der Waals surface area contributed by atoms with E-state index in [0.29, 0.717) is 6.54 Å². The summed E-state index contributed by atoms with van der Waals surface area (Å²) in [5.74, 6) is 0. The zero-order valence-electron chi connectivity index (χ0n) is 12.7. The molecule has 1 unspecified atom stereocenters. The van der Waals surface area contributed by atoms with Crippen molar-refractivity contribution in [3.05, 3.63) is 64.2 Å². The lowest BCUT2D eigenvalue weighted by Crippen LogP contribution is -2.14. The minimum Gasteiger partial charge on any atom is -0.387 e. The standard InChI is InChI=1S/C18H23NO/c1-12-8-9-14(3)16(10-12)18(20)11-19-17-7-5-6-13(2)15(17)4/h5-10,18-20H,11H2,1-4H3. The molecular formula is C18H23NO. The molecule has 0 fully saturated rings. The minimum absolute atomic E-state index is 0.491. The lowest BCUT2D eigenvalue weighted by atomic mass is 10.0. The number of nitrogens with one attached hydrogen (secondary N) is 1. The van der Waals surface area contributed by atoms with E-state index in [9.17, 15) is 5.11 Å². The third-order valence-electron chi connectivity index (χ3n) is 3.88. The van der Waals surface area contributed by atoms with Crippen molar-refractivity contribution in [1.82, 2.24) is 0 Å². The molecule has 106 valence electrons. The van der Waals surface area contributed by atoms with E-state index in [1.807, 2.05) is 19.9 Å². The van der Waals surface area contributed by atoms with Gasteiger partial charge in [-0.05, 0) is 56.0 Å². The first-order valence-electron chi connectivity index (χ1n) is 7.04. The molecule has 2 heteroatoms. The first kappa shape index (κ1) is 14.6. The maximum absolute atomic E-state index is 10.4. The van der Waals surface area contributed by atoms with Crippen molar-refractivity contribution >= 4 is 5.69 Å². The Balaban J connectivity index is 2.10. The molecule has 2 N–H and O–H groups in total. The molecule has 0 heterocycles. The summed E-state index contributed by atoms with van der Waals surface area (Å²) in [7, 11) is 0. The van der Waals surface area contributed by atoms with Gasteiger partial charge >= 0.3 is 0 Å². The Morgan fingerprint density at radius 3 is 2.50 bits per heavy atom. The summed E-state index contributed by atoms with van der Waals surface area (Å²) in [6, 6.07) is 12.4. The Bertz CT molecular complexity index is 604. The second-order valence-electron chi connectivity index (χ2n) is 5.50. The van der Waals surface area contributed by atoms with Gasteiger partial charge in [-0.2, -0.15) is 0 Å². The molecule has 0 amide bonds. The van der Waals surface area contributed by atoms with Gasteiger partial charge in [-0.3, -0.25) is 0 Å². The number of aliphatic hydroxyl groups is 1. The maximum atomic E-state index is 10.4. The van der Waals surface area contributed by atoms with Gasteiger partial charge in [0.1, 0.15) is 0 Å². The van der Waals surface area contributed by atoms with E-state index in [0.717, 1.165) is 16.8 Å². The molecule has 2 aromatic rings. The number of rotatable bonds is 4. The van der Waals surface area contributed by atoms with Gasteiger partial charge in [0.05, 0.1) is 6.10 Å². The third-order valence-corrected chi connectivity index (χ3v) is 3.88. The van der Waals surface area contributed by atoms with Crippen molar-refractivity contribution in [3.8, 4) is 0 Å². The average Bonchev–Trinajstić information content (AvgIpc) is 2.43. The lowest BCUT2D eigenvalue weighted by molar-refractivity contribution is 0.191. The molecule has 0 spiro atoms. The van der Waals surface area contributed by atoms with Gasteiger partial charge in [-0.25, -0.2) is 0 Å². The number of aryl methyl sites for hydroxylation is 3. The second kappa shape index (κ2) is 6.10. The molecule has 0 saturated carbocycles. The van der Waals surface area contributed by atoms with E-state index in [1.165, 1.54) is 16.7 Å². The fraction of sp³-hybridized carbons (Fsp3) is 0.333. The van der Waals surface area contributed by atoms with Crippen molar-refractivity contribution < 1.29 is 5.11 Å². The molecule has 0 aliphatic rings. The third kappa shape index (κ3) is 3.20. The highest BCUT2D eigenvalue weighted by Gasteiger charge is 2.11. The van der Waals surface area contributed by atoms with Gasteiger partial charge in [-0.15, -0.1) is 0 Å². The van der Waals surface area contributed by atoms with Crippen molar-refractivity contribution in [2.24, 2.45) is 0 Å². The largest absolute Gasteiger partial charge is 0.387 e. The molecule has 0 radical (unpaired) electrons. The highest BCUT2D eigenvalue weighted by molar-refractivity contribution is 5.53. The van der Waals surface area contributed by atoms with Crippen LogP contribution < -0.4 is 5.32 Å². The second-order valence-corrected chi connectivity index (χ2v) is 5.50. The van der Waals surface area contributed by atoms with Crippen LogP contribution in [0, 0.1) is 27.7 Å². The van der Waals surface area contributed by atoms with E-state index in [-0.39, 0.29) is 0 Å². The van der Waals surface area contributed by atoms with Crippen LogP contribution in [0.2, 0.25) is 0 Å². The van der Waals surface area contributed by atoms with Gasteiger partial charge in [0.25, 0.3) is 0 Å². The molecule has 0 aliphatic heterocycles. The Morgan fingerprint density at radius 1 is 1.00 bits per heavy atom. The first-order chi connectivity index (χ1) is 9.49. The van der Waals surface area contributed by atoms with Crippen LogP contribution >= 0.6 is 0 Å². The van der Waals surface area contributed by atoms with E-state index < -0.39 is 6.10 Å². The highest BCUT2D eigenvalue weighted by Crippen LogP contribution is 2.22. The summed E-state index contributed by atoms with van der Waals surface area (Å²) in [5, 5.41) is 13.7. The Labute approximate surface area is 121 Å². The Hall–Kier alpha value is -1.80. The molecule has 1 atom stereocenters. The van der Waals surface area contributed by atoms with E-state index in [1.54, 1.807) is 0 Å². The molecule has 0 aromatic heterocycles. The van der Waals surface area contributed by atoms with Crippen molar-refractivity contribution in [3.63, 3.8) is 0 Å². The molecule has 0 bridgehead atoms. The van der Waals surface area contributed by atoms with Crippen LogP contribution in [0.1, 0.15) is 33.9 Å². The Kier molecular flexibility index (Phi) is 4.46. The van der Waals surface area contributed by atoms with Crippen LogP contribution in [0.15, 0.2) is 36.4 Å². The summed E-state index contributed by atoms with van der Waals surface area (Å²) in [6.45, 7) is 8.81. The van der Waals surface area contributed by atoms with Crippen molar-refractivity contribution in [1.29, 1.82) is 0 Å². The van der Waals surface area contributed by atoms with E-state index in [2.05, 4.69) is 49.5 Å². The fourth-order valence-electron chi connectivity index (χ4n) is 2.38. The van der Waals surface area contributed by atoms with Crippen molar-refractivity contribution in [2.45, 2.75) is 33.8 Å². The van der Waals surface area contributed by atoms with Gasteiger partial charge in [-0.1, -0.05) is 35.9 Å². The molecule has 2 nitrogen and oxygen atoms in total. The summed E-state index contributed by atoms with van der Waals surface area (Å²) in [4.78, 5) is 0. The predicted octanol–water partition coefficient (Wildman–Crippen LogP) is 4.07. The zero-order valence-corrected chi connectivity index (χ0v) is 12.7. The molecule has 20 heavy (non-hydrogen) atoms.